The topological polar surface area (TPSA) is 146 Å². The number of aromatic nitrogens is 1. The van der Waals surface area contributed by atoms with Gasteiger partial charge in [-0.05, 0) is 22.9 Å². The van der Waals surface area contributed by atoms with Crippen molar-refractivity contribution in [3.63, 3.8) is 0 Å². The van der Waals surface area contributed by atoms with E-state index in [9.17, 15) is 19.2 Å². The first kappa shape index (κ1) is 25.1. The summed E-state index contributed by atoms with van der Waals surface area (Å²) in [6, 6.07) is 3.77. The zero-order chi connectivity index (χ0) is 20.8. The lowest BCUT2D eigenvalue weighted by Crippen LogP contribution is -2.41. The number of hydrogen-bond acceptors (Lipinski definition) is 8. The monoisotopic (exact) mass is 435 g/mol. The van der Waals surface area contributed by atoms with E-state index >= 15 is 0 Å². The van der Waals surface area contributed by atoms with Gasteiger partial charge in [-0.2, -0.15) is 12.6 Å². The molecule has 2 atom stereocenters. The summed E-state index contributed by atoms with van der Waals surface area (Å²) >= 11 is 3.73. The standard InChI is InChI=1S/C10H12N2O3S2.C5H9NO3S/c1-7(13)12-8(10(14)15)6-16-17-9-4-2-3-5-11-9;1-3(7)6-4(2-10)5(8)9/h2-5,8H,6H2,1H3,(H,12,13)(H,14,15);4,10H,2H2,1H3,(H,6,7)(H,8,9)/t8-;4-/m00/s1. The van der Waals surface area contributed by atoms with E-state index in [1.165, 1.54) is 35.4 Å². The fourth-order valence-corrected chi connectivity index (χ4v) is 3.72. The van der Waals surface area contributed by atoms with Gasteiger partial charge in [0.1, 0.15) is 17.1 Å². The average molecular weight is 436 g/mol. The number of carboxylic acids is 2. The Labute approximate surface area is 169 Å². The first-order valence-electron chi connectivity index (χ1n) is 7.48. The Balaban J connectivity index is 0.000000580. The molecular formula is C15H21N3O6S3. The molecule has 1 rings (SSSR count). The van der Waals surface area contributed by atoms with E-state index in [0.29, 0.717) is 0 Å². The van der Waals surface area contributed by atoms with Crippen molar-refractivity contribution < 1.29 is 29.4 Å². The Morgan fingerprint density at radius 2 is 1.63 bits per heavy atom. The molecule has 0 radical (unpaired) electrons. The molecule has 0 bridgehead atoms. The minimum atomic E-state index is -1.06. The number of nitrogens with zero attached hydrogens (tertiary/aromatic N) is 1. The lowest BCUT2D eigenvalue weighted by molar-refractivity contribution is -0.141. The second-order valence-corrected chi connectivity index (χ2v) is 7.63. The number of carbonyl (C=O) groups is 4. The van der Waals surface area contributed by atoms with Gasteiger partial charge in [0.15, 0.2) is 0 Å². The second kappa shape index (κ2) is 14.2. The van der Waals surface area contributed by atoms with E-state index < -0.39 is 24.0 Å². The summed E-state index contributed by atoms with van der Waals surface area (Å²) in [4.78, 5) is 46.2. The van der Waals surface area contributed by atoms with Crippen LogP contribution in [0.3, 0.4) is 0 Å². The zero-order valence-corrected chi connectivity index (χ0v) is 17.1. The lowest BCUT2D eigenvalue weighted by Gasteiger charge is -2.11. The van der Waals surface area contributed by atoms with Gasteiger partial charge in [0.2, 0.25) is 11.8 Å². The Kier molecular flexibility index (Phi) is 13.2. The van der Waals surface area contributed by atoms with Crippen LogP contribution in [0.15, 0.2) is 29.4 Å². The second-order valence-electron chi connectivity index (χ2n) is 4.90. The molecule has 0 aliphatic rings. The Morgan fingerprint density at radius 3 is 2.00 bits per heavy atom. The van der Waals surface area contributed by atoms with Crippen molar-refractivity contribution in [2.24, 2.45) is 0 Å². The Morgan fingerprint density at radius 1 is 1.07 bits per heavy atom. The highest BCUT2D eigenvalue weighted by Gasteiger charge is 2.18. The summed E-state index contributed by atoms with van der Waals surface area (Å²) in [5, 5.41) is 22.6. The quantitative estimate of drug-likeness (QED) is 0.282. The predicted octanol–water partition coefficient (Wildman–Crippen LogP) is 0.917. The molecule has 4 N–H and O–H groups in total. The smallest absolute Gasteiger partial charge is 0.327 e. The lowest BCUT2D eigenvalue weighted by atomic mass is 10.3. The summed E-state index contributed by atoms with van der Waals surface area (Å²) in [6.07, 6.45) is 1.67. The van der Waals surface area contributed by atoms with Gasteiger partial charge < -0.3 is 20.8 Å². The van der Waals surface area contributed by atoms with Crippen LogP contribution in [0.1, 0.15) is 13.8 Å². The van der Waals surface area contributed by atoms with Crippen molar-refractivity contribution in [2.45, 2.75) is 31.0 Å². The minimum Gasteiger partial charge on any atom is -0.480 e. The molecule has 27 heavy (non-hydrogen) atoms. The van der Waals surface area contributed by atoms with Crippen molar-refractivity contribution in [1.29, 1.82) is 0 Å². The maximum atomic E-state index is 10.8. The van der Waals surface area contributed by atoms with Crippen molar-refractivity contribution in [3.8, 4) is 0 Å². The van der Waals surface area contributed by atoms with Gasteiger partial charge in [0.05, 0.1) is 0 Å². The first-order chi connectivity index (χ1) is 12.7. The third kappa shape index (κ3) is 13.0. The molecule has 0 spiro atoms. The third-order valence-electron chi connectivity index (χ3n) is 2.55. The molecule has 0 saturated heterocycles. The van der Waals surface area contributed by atoms with E-state index in [4.69, 9.17) is 10.2 Å². The summed E-state index contributed by atoms with van der Waals surface area (Å²) in [7, 11) is 2.73. The largest absolute Gasteiger partial charge is 0.480 e. The molecule has 0 fully saturated rings. The minimum absolute atomic E-state index is 0.106. The van der Waals surface area contributed by atoms with Crippen LogP contribution < -0.4 is 10.6 Å². The number of amides is 2. The van der Waals surface area contributed by atoms with E-state index in [0.717, 1.165) is 5.03 Å². The van der Waals surface area contributed by atoms with Gasteiger partial charge in [0, 0.05) is 31.6 Å². The number of hydrogen-bond donors (Lipinski definition) is 5. The number of nitrogens with one attached hydrogen (secondary N) is 2. The molecule has 0 aromatic carbocycles. The van der Waals surface area contributed by atoms with Crippen LogP contribution >= 0.6 is 34.2 Å². The first-order valence-corrected chi connectivity index (χ1v) is 10.4. The predicted molar refractivity (Wildman–Crippen MR) is 107 cm³/mol. The van der Waals surface area contributed by atoms with E-state index in [-0.39, 0.29) is 23.3 Å². The normalized spacial score (nSPS) is 12.0. The summed E-state index contributed by atoms with van der Waals surface area (Å²) in [6.45, 7) is 2.56. The van der Waals surface area contributed by atoms with Crippen LogP contribution in [0.25, 0.3) is 0 Å². The average Bonchev–Trinajstić information content (AvgIpc) is 2.59. The molecule has 0 saturated carbocycles. The maximum Gasteiger partial charge on any atom is 0.327 e. The van der Waals surface area contributed by atoms with Crippen LogP contribution in [-0.4, -0.2) is 62.5 Å². The SMILES string of the molecule is CC(=O)N[C@@H](CS)C(=O)O.CC(=O)N[C@@H](CSSc1ccccn1)C(=O)O. The highest BCUT2D eigenvalue weighted by molar-refractivity contribution is 8.76. The van der Waals surface area contributed by atoms with Crippen LogP contribution in [0, 0.1) is 0 Å². The highest BCUT2D eigenvalue weighted by Crippen LogP contribution is 2.29. The van der Waals surface area contributed by atoms with Crippen molar-refractivity contribution >= 4 is 58.0 Å². The van der Waals surface area contributed by atoms with Gasteiger partial charge in [-0.15, -0.1) is 0 Å². The molecule has 0 aliphatic carbocycles. The van der Waals surface area contributed by atoms with Crippen LogP contribution in [0.4, 0.5) is 0 Å². The maximum absolute atomic E-state index is 10.8. The molecule has 1 aromatic heterocycles. The Bertz CT molecular complexity index is 632. The summed E-state index contributed by atoms with van der Waals surface area (Å²) in [5.41, 5.74) is 0. The van der Waals surface area contributed by atoms with E-state index in [2.05, 4.69) is 28.2 Å². The number of carbonyl (C=O) groups excluding carboxylic acids is 2. The summed E-state index contributed by atoms with van der Waals surface area (Å²) in [5.74, 6) is -2.41. The molecule has 1 heterocycles. The van der Waals surface area contributed by atoms with Crippen LogP contribution in [0.2, 0.25) is 0 Å². The van der Waals surface area contributed by atoms with Crippen LogP contribution in [-0.2, 0) is 19.2 Å². The molecule has 0 aliphatic heterocycles. The number of pyridine rings is 1. The van der Waals surface area contributed by atoms with Gasteiger partial charge in [-0.1, -0.05) is 16.9 Å². The van der Waals surface area contributed by atoms with E-state index in [1.807, 2.05) is 18.2 Å². The zero-order valence-electron chi connectivity index (χ0n) is 14.6. The molecule has 12 heteroatoms. The molecule has 0 unspecified atom stereocenters. The van der Waals surface area contributed by atoms with Gasteiger partial charge in [0.25, 0.3) is 0 Å². The number of carboxylic acid groups (broad SMARTS) is 2. The molecule has 9 nitrogen and oxygen atoms in total. The highest BCUT2D eigenvalue weighted by atomic mass is 33.1. The Hall–Kier alpha value is -1.92. The molecule has 150 valence electrons. The van der Waals surface area contributed by atoms with Crippen molar-refractivity contribution in [3.05, 3.63) is 24.4 Å². The fourth-order valence-electron chi connectivity index (χ4n) is 1.41. The van der Waals surface area contributed by atoms with Gasteiger partial charge in [-0.3, -0.25) is 9.59 Å². The number of aliphatic carboxylic acids is 2. The van der Waals surface area contributed by atoms with E-state index in [1.54, 1.807) is 6.20 Å². The van der Waals surface area contributed by atoms with Crippen molar-refractivity contribution in [2.75, 3.05) is 11.5 Å². The van der Waals surface area contributed by atoms with Gasteiger partial charge in [-0.25, -0.2) is 14.6 Å². The van der Waals surface area contributed by atoms with Crippen molar-refractivity contribution in [1.82, 2.24) is 15.6 Å². The summed E-state index contributed by atoms with van der Waals surface area (Å²) < 4.78 is 0. The fraction of sp³-hybridized carbons (Fsp3) is 0.400. The molecular weight excluding hydrogens is 414 g/mol. The molecule has 1 aromatic rings. The van der Waals surface area contributed by atoms with Gasteiger partial charge >= 0.3 is 11.9 Å². The number of thiol groups is 1. The third-order valence-corrected chi connectivity index (χ3v) is 5.19. The molecule has 2 amide bonds. The van der Waals surface area contributed by atoms with Crippen LogP contribution in [0.5, 0.6) is 0 Å². The number of rotatable bonds is 9.